The highest BCUT2D eigenvalue weighted by Gasteiger charge is 2.19. The van der Waals surface area contributed by atoms with Gasteiger partial charge in [0, 0.05) is 0 Å². The second kappa shape index (κ2) is 5.06. The summed E-state index contributed by atoms with van der Waals surface area (Å²) in [4.78, 5) is 10.8. The van der Waals surface area contributed by atoms with Gasteiger partial charge in [-0.1, -0.05) is 0 Å². The van der Waals surface area contributed by atoms with E-state index in [1.807, 2.05) is 13.8 Å². The largest absolute Gasteiger partial charge is 0.506 e. The summed E-state index contributed by atoms with van der Waals surface area (Å²) in [6.45, 7) is 5.49. The van der Waals surface area contributed by atoms with Gasteiger partial charge in [-0.05, 0) is 65.4 Å². The lowest BCUT2D eigenvalue weighted by Gasteiger charge is -2.17. The van der Waals surface area contributed by atoms with Gasteiger partial charge < -0.3 is 15.9 Å². The lowest BCUT2D eigenvalue weighted by atomic mass is 9.93. The number of hydrogen-bond donors (Lipinski definition) is 3. The van der Waals surface area contributed by atoms with Gasteiger partial charge in [-0.3, -0.25) is 4.79 Å². The number of aromatic hydroxyl groups is 1. The highest BCUT2D eigenvalue weighted by molar-refractivity contribution is 9.10. The molecule has 1 unspecified atom stereocenters. The van der Waals surface area contributed by atoms with Crippen LogP contribution in [0.25, 0.3) is 0 Å². The fourth-order valence-corrected chi connectivity index (χ4v) is 2.31. The maximum atomic E-state index is 10.8. The van der Waals surface area contributed by atoms with E-state index < -0.39 is 12.0 Å². The average Bonchev–Trinajstić information content (AvgIpc) is 2.29. The first-order chi connectivity index (χ1) is 7.77. The molecule has 1 rings (SSSR count). The van der Waals surface area contributed by atoms with Crippen molar-refractivity contribution in [2.45, 2.75) is 33.2 Å². The number of hydrogen-bond acceptors (Lipinski definition) is 3. The number of carboxylic acid groups (broad SMARTS) is 1. The smallest absolute Gasteiger partial charge is 0.320 e. The molecule has 0 radical (unpaired) electrons. The van der Waals surface area contributed by atoms with Crippen LogP contribution >= 0.6 is 15.9 Å². The maximum absolute atomic E-state index is 10.8. The third kappa shape index (κ3) is 2.61. The topological polar surface area (TPSA) is 83.6 Å². The summed E-state index contributed by atoms with van der Waals surface area (Å²) in [5.74, 6) is -0.821. The van der Waals surface area contributed by atoms with E-state index in [1.165, 1.54) is 0 Å². The number of aliphatic carboxylic acids is 1. The molecule has 0 aliphatic rings. The molecule has 0 aliphatic heterocycles. The number of carbonyl (C=O) groups is 1. The van der Waals surface area contributed by atoms with Gasteiger partial charge in [0.15, 0.2) is 0 Å². The average molecular weight is 302 g/mol. The molecule has 94 valence electrons. The summed E-state index contributed by atoms with van der Waals surface area (Å²) in [6, 6.07) is -0.928. The van der Waals surface area contributed by atoms with E-state index in [1.54, 1.807) is 6.92 Å². The van der Waals surface area contributed by atoms with Gasteiger partial charge in [-0.2, -0.15) is 0 Å². The van der Waals surface area contributed by atoms with Crippen LogP contribution in [0.4, 0.5) is 0 Å². The van der Waals surface area contributed by atoms with E-state index in [4.69, 9.17) is 10.8 Å². The molecular weight excluding hydrogens is 286 g/mol. The predicted octanol–water partition coefficient (Wildman–Crippen LogP) is 2.03. The van der Waals surface area contributed by atoms with E-state index >= 15 is 0 Å². The van der Waals surface area contributed by atoms with Crippen molar-refractivity contribution in [1.29, 1.82) is 0 Å². The van der Waals surface area contributed by atoms with Gasteiger partial charge in [0.05, 0.1) is 4.47 Å². The van der Waals surface area contributed by atoms with Crippen LogP contribution in [-0.2, 0) is 11.2 Å². The molecule has 0 saturated carbocycles. The van der Waals surface area contributed by atoms with Crippen LogP contribution in [0.15, 0.2) is 4.47 Å². The molecule has 0 aromatic heterocycles. The monoisotopic (exact) mass is 301 g/mol. The van der Waals surface area contributed by atoms with Gasteiger partial charge in [-0.25, -0.2) is 0 Å². The van der Waals surface area contributed by atoms with Crippen LogP contribution in [0, 0.1) is 20.8 Å². The zero-order valence-electron chi connectivity index (χ0n) is 10.0. The number of phenolic OH excluding ortho intramolecular Hbond substituents is 1. The number of halogens is 1. The molecule has 1 atom stereocenters. The zero-order chi connectivity index (χ0) is 13.3. The molecule has 17 heavy (non-hydrogen) atoms. The van der Waals surface area contributed by atoms with Crippen molar-refractivity contribution in [2.24, 2.45) is 5.73 Å². The molecule has 0 bridgehead atoms. The summed E-state index contributed by atoms with van der Waals surface area (Å²) in [5, 5.41) is 18.7. The molecule has 4 nitrogen and oxygen atoms in total. The molecular formula is C12H16BrNO3. The van der Waals surface area contributed by atoms with Crippen molar-refractivity contribution in [3.63, 3.8) is 0 Å². The Hall–Kier alpha value is -1.07. The molecule has 1 aromatic rings. The Labute approximate surface area is 109 Å². The third-order valence-electron chi connectivity index (χ3n) is 3.10. The van der Waals surface area contributed by atoms with E-state index in [-0.39, 0.29) is 12.2 Å². The standard InChI is InChI=1S/C12H16BrNO3/c1-5-6(2)11(15)10(13)7(3)8(5)4-9(14)12(16)17/h9,15H,4,14H2,1-3H3,(H,16,17). The third-order valence-corrected chi connectivity index (χ3v) is 4.07. The van der Waals surface area contributed by atoms with Gasteiger partial charge in [0.2, 0.25) is 0 Å². The van der Waals surface area contributed by atoms with Crippen LogP contribution in [0.1, 0.15) is 22.3 Å². The first kappa shape index (κ1) is 14.0. The number of phenols is 1. The van der Waals surface area contributed by atoms with Crippen LogP contribution < -0.4 is 5.73 Å². The lowest BCUT2D eigenvalue weighted by Crippen LogP contribution is -2.32. The summed E-state index contributed by atoms with van der Waals surface area (Å²) in [6.07, 6.45) is 0.257. The van der Waals surface area contributed by atoms with Crippen molar-refractivity contribution in [3.8, 4) is 5.75 Å². The van der Waals surface area contributed by atoms with Gasteiger partial charge in [-0.15, -0.1) is 0 Å². The maximum Gasteiger partial charge on any atom is 0.320 e. The molecule has 0 fully saturated rings. The van der Waals surface area contributed by atoms with Crippen molar-refractivity contribution in [2.75, 3.05) is 0 Å². The minimum absolute atomic E-state index is 0.202. The van der Waals surface area contributed by atoms with Crippen LogP contribution in [0.3, 0.4) is 0 Å². The number of benzene rings is 1. The normalized spacial score (nSPS) is 12.5. The Morgan fingerprint density at radius 2 is 1.82 bits per heavy atom. The van der Waals surface area contributed by atoms with Crippen LogP contribution in [0.5, 0.6) is 5.75 Å². The molecule has 4 N–H and O–H groups in total. The van der Waals surface area contributed by atoms with E-state index in [0.29, 0.717) is 4.47 Å². The van der Waals surface area contributed by atoms with Crippen molar-refractivity contribution in [1.82, 2.24) is 0 Å². The van der Waals surface area contributed by atoms with Gasteiger partial charge in [0.25, 0.3) is 0 Å². The minimum atomic E-state index is -1.02. The lowest BCUT2D eigenvalue weighted by molar-refractivity contribution is -0.138. The predicted molar refractivity (Wildman–Crippen MR) is 69.3 cm³/mol. The minimum Gasteiger partial charge on any atom is -0.506 e. The van der Waals surface area contributed by atoms with Crippen molar-refractivity contribution < 1.29 is 15.0 Å². The highest BCUT2D eigenvalue weighted by atomic mass is 79.9. The van der Waals surface area contributed by atoms with Gasteiger partial charge in [0.1, 0.15) is 11.8 Å². The molecule has 0 heterocycles. The molecule has 5 heteroatoms. The highest BCUT2D eigenvalue weighted by Crippen LogP contribution is 2.36. The summed E-state index contributed by atoms with van der Waals surface area (Å²) < 4.78 is 0.605. The Morgan fingerprint density at radius 3 is 2.29 bits per heavy atom. The van der Waals surface area contributed by atoms with Crippen molar-refractivity contribution >= 4 is 21.9 Å². The van der Waals surface area contributed by atoms with E-state index in [2.05, 4.69) is 15.9 Å². The molecule has 0 saturated heterocycles. The zero-order valence-corrected chi connectivity index (χ0v) is 11.6. The summed E-state index contributed by atoms with van der Waals surface area (Å²) >= 11 is 3.30. The Morgan fingerprint density at radius 1 is 1.29 bits per heavy atom. The molecule has 1 aromatic carbocycles. The second-order valence-electron chi connectivity index (χ2n) is 4.16. The first-order valence-electron chi connectivity index (χ1n) is 5.22. The molecule has 0 amide bonds. The molecule has 0 aliphatic carbocycles. The van der Waals surface area contributed by atoms with Crippen LogP contribution in [0.2, 0.25) is 0 Å². The van der Waals surface area contributed by atoms with Crippen LogP contribution in [-0.4, -0.2) is 22.2 Å². The number of rotatable bonds is 3. The number of nitrogens with two attached hydrogens (primary N) is 1. The fraction of sp³-hybridized carbons (Fsp3) is 0.417. The summed E-state index contributed by atoms with van der Waals surface area (Å²) in [5.41, 5.74) is 8.89. The summed E-state index contributed by atoms with van der Waals surface area (Å²) in [7, 11) is 0. The quantitative estimate of drug-likeness (QED) is 0.798. The second-order valence-corrected chi connectivity index (χ2v) is 4.96. The van der Waals surface area contributed by atoms with E-state index in [0.717, 1.165) is 22.3 Å². The van der Waals surface area contributed by atoms with E-state index in [9.17, 15) is 9.90 Å². The first-order valence-corrected chi connectivity index (χ1v) is 6.02. The fourth-order valence-electron chi connectivity index (χ4n) is 1.77. The Kier molecular flexibility index (Phi) is 4.16. The van der Waals surface area contributed by atoms with Crippen molar-refractivity contribution in [3.05, 3.63) is 26.7 Å². The van der Waals surface area contributed by atoms with Gasteiger partial charge >= 0.3 is 5.97 Å². The number of carboxylic acids is 1. The SMILES string of the molecule is Cc1c(C)c(CC(N)C(=O)O)c(C)c(Br)c1O. The Balaban J connectivity index is 3.30. The molecule has 0 spiro atoms. The Bertz CT molecular complexity index is 442.